The van der Waals surface area contributed by atoms with Crippen LogP contribution in [-0.4, -0.2) is 125 Å². The number of amides is 1. The summed E-state index contributed by atoms with van der Waals surface area (Å²) in [6, 6.07) is 6.04. The number of aromatic nitrogens is 3. The van der Waals surface area contributed by atoms with Crippen LogP contribution in [-0.2, 0) is 13.0 Å². The van der Waals surface area contributed by atoms with Crippen LogP contribution in [0.4, 0.5) is 10.2 Å². The number of rotatable bonds is 12. The largest absolute Gasteiger partial charge is 0.490 e. The maximum absolute atomic E-state index is 14.4. The van der Waals surface area contributed by atoms with Gasteiger partial charge in [-0.2, -0.15) is 0 Å². The number of halogens is 1. The average molecular weight is 701 g/mol. The second kappa shape index (κ2) is 15.8. The molecule has 12 heteroatoms. The van der Waals surface area contributed by atoms with E-state index in [0.29, 0.717) is 18.1 Å². The van der Waals surface area contributed by atoms with Gasteiger partial charge in [0.05, 0.1) is 11.8 Å². The summed E-state index contributed by atoms with van der Waals surface area (Å²) in [5.74, 6) is 3.25. The van der Waals surface area contributed by atoms with Crippen LogP contribution in [0.1, 0.15) is 61.6 Å². The van der Waals surface area contributed by atoms with Gasteiger partial charge in [0.25, 0.3) is 5.91 Å². The van der Waals surface area contributed by atoms with Crippen LogP contribution in [0.25, 0.3) is 0 Å². The molecule has 3 aromatic rings. The Kier molecular flexibility index (Phi) is 11.0. The third-order valence-electron chi connectivity index (χ3n) is 11.2. The first-order valence-electron chi connectivity index (χ1n) is 18.9. The molecule has 0 bridgehead atoms. The number of likely N-dealkylation sites (tertiary alicyclic amines) is 2. The summed E-state index contributed by atoms with van der Waals surface area (Å²) < 4.78 is 27.4. The minimum atomic E-state index is -0.493. The van der Waals surface area contributed by atoms with Crippen molar-refractivity contribution >= 4 is 11.7 Å². The first-order chi connectivity index (χ1) is 24.7. The second-order valence-electron chi connectivity index (χ2n) is 15.1. The van der Waals surface area contributed by atoms with E-state index >= 15 is 0 Å². The monoisotopic (exact) mass is 700 g/mol. The van der Waals surface area contributed by atoms with E-state index in [1.807, 2.05) is 33.0 Å². The van der Waals surface area contributed by atoms with Crippen LogP contribution < -0.4 is 14.4 Å². The van der Waals surface area contributed by atoms with E-state index in [0.717, 1.165) is 75.3 Å². The molecule has 0 radical (unpaired) electrons. The molecule has 11 nitrogen and oxygen atoms in total. The van der Waals surface area contributed by atoms with E-state index in [4.69, 9.17) is 14.5 Å². The summed E-state index contributed by atoms with van der Waals surface area (Å²) in [5.41, 5.74) is 2.57. The zero-order chi connectivity index (χ0) is 35.5. The molecule has 4 aliphatic rings. The molecule has 0 spiro atoms. The van der Waals surface area contributed by atoms with Gasteiger partial charge in [-0.3, -0.25) is 14.7 Å². The average Bonchev–Trinajstić information content (AvgIpc) is 3.66. The predicted octanol–water partition coefficient (Wildman–Crippen LogP) is 4.96. The Morgan fingerprint density at radius 1 is 0.980 bits per heavy atom. The molecule has 0 N–H and O–H groups in total. The number of benzene rings is 1. The van der Waals surface area contributed by atoms with Crippen molar-refractivity contribution in [3.05, 3.63) is 65.6 Å². The number of hydrogen-bond acceptors (Lipinski definition) is 10. The fourth-order valence-electron chi connectivity index (χ4n) is 8.55. The van der Waals surface area contributed by atoms with Gasteiger partial charge in [0.2, 0.25) is 0 Å². The van der Waals surface area contributed by atoms with Gasteiger partial charge in [-0.05, 0) is 83.4 Å². The van der Waals surface area contributed by atoms with E-state index in [9.17, 15) is 9.18 Å². The number of ether oxygens (including phenoxy) is 2. The summed E-state index contributed by atoms with van der Waals surface area (Å²) in [5, 5.41) is 0. The van der Waals surface area contributed by atoms with Crippen molar-refractivity contribution in [1.29, 1.82) is 0 Å². The van der Waals surface area contributed by atoms with Crippen LogP contribution in [0.2, 0.25) is 0 Å². The van der Waals surface area contributed by atoms with Gasteiger partial charge in [-0.15, -0.1) is 0 Å². The standard InChI is InChI=1S/C39H53FN8O3/c1-5-48(27(2)3)39(49)32-19-30(40)7-8-35(32)51-37-20-41-26-43-38(37)47-17-10-31(11-18-47)50-36-9-13-42-34-12-16-45(25-33(34)36)14-6-15-46-23-28-21-44(4)22-29(28)24-46/h7-9,13,19-20,26-29,31H,5-6,10-12,14-18,21-25H2,1-4H3. The Bertz CT molecular complexity index is 1650. The summed E-state index contributed by atoms with van der Waals surface area (Å²) in [6.45, 7) is 17.0. The Morgan fingerprint density at radius 2 is 1.75 bits per heavy atom. The van der Waals surface area contributed by atoms with Crippen LogP contribution in [0.5, 0.6) is 17.2 Å². The maximum atomic E-state index is 14.4. The third kappa shape index (κ3) is 8.13. The lowest BCUT2D eigenvalue weighted by Crippen LogP contribution is -2.39. The number of fused-ring (bicyclic) bond motifs is 2. The second-order valence-corrected chi connectivity index (χ2v) is 15.1. The zero-order valence-electron chi connectivity index (χ0n) is 30.6. The van der Waals surface area contributed by atoms with Crippen LogP contribution in [0.15, 0.2) is 43.0 Å². The molecule has 51 heavy (non-hydrogen) atoms. The zero-order valence-corrected chi connectivity index (χ0v) is 30.6. The van der Waals surface area contributed by atoms with Crippen LogP contribution >= 0.6 is 0 Å². The molecule has 2 unspecified atom stereocenters. The molecule has 3 saturated heterocycles. The molecule has 0 saturated carbocycles. The molecule has 1 amide bonds. The number of anilines is 1. The first kappa shape index (κ1) is 35.5. The van der Waals surface area contributed by atoms with Crippen molar-refractivity contribution in [3.63, 3.8) is 0 Å². The fraction of sp³-hybridized carbons (Fsp3) is 0.590. The van der Waals surface area contributed by atoms with Crippen LogP contribution in [0.3, 0.4) is 0 Å². The Hall–Kier alpha value is -3.87. The smallest absolute Gasteiger partial charge is 0.257 e. The van der Waals surface area contributed by atoms with Gasteiger partial charge >= 0.3 is 0 Å². The summed E-state index contributed by atoms with van der Waals surface area (Å²) in [4.78, 5) is 38.5. The quantitative estimate of drug-likeness (QED) is 0.258. The Morgan fingerprint density at radius 3 is 2.49 bits per heavy atom. The molecule has 274 valence electrons. The van der Waals surface area contributed by atoms with Gasteiger partial charge in [-0.1, -0.05) is 0 Å². The first-order valence-corrected chi connectivity index (χ1v) is 18.9. The maximum Gasteiger partial charge on any atom is 0.257 e. The summed E-state index contributed by atoms with van der Waals surface area (Å²) in [6.07, 6.45) is 8.85. The Balaban J connectivity index is 0.947. The summed E-state index contributed by atoms with van der Waals surface area (Å²) >= 11 is 0. The topological polar surface area (TPSA) is 90.4 Å². The highest BCUT2D eigenvalue weighted by Gasteiger charge is 2.38. The fourth-order valence-corrected chi connectivity index (χ4v) is 8.55. The molecule has 1 aromatic carbocycles. The number of hydrogen-bond donors (Lipinski definition) is 0. The minimum Gasteiger partial charge on any atom is -0.490 e. The number of piperidine rings is 1. The van der Waals surface area contributed by atoms with Crippen molar-refractivity contribution in [2.24, 2.45) is 11.8 Å². The Labute approximate surface area is 301 Å². The molecule has 6 heterocycles. The highest BCUT2D eigenvalue weighted by molar-refractivity contribution is 5.97. The highest BCUT2D eigenvalue weighted by Crippen LogP contribution is 2.35. The van der Waals surface area contributed by atoms with Gasteiger partial charge in [0, 0.05) is 102 Å². The van der Waals surface area contributed by atoms with Gasteiger partial charge in [0.1, 0.15) is 29.7 Å². The van der Waals surface area contributed by atoms with E-state index in [2.05, 4.69) is 36.6 Å². The minimum absolute atomic E-state index is 0.0400. The lowest BCUT2D eigenvalue weighted by molar-refractivity contribution is 0.0713. The number of carbonyl (C=O) groups is 1. The number of carbonyl (C=O) groups excluding carboxylic acids is 1. The third-order valence-corrected chi connectivity index (χ3v) is 11.2. The summed E-state index contributed by atoms with van der Waals surface area (Å²) in [7, 11) is 2.26. The molecular formula is C39H53FN8O3. The van der Waals surface area contributed by atoms with Crippen molar-refractivity contribution in [1.82, 2.24) is 34.6 Å². The molecular weight excluding hydrogens is 647 g/mol. The lowest BCUT2D eigenvalue weighted by atomic mass is 10.0. The van der Waals surface area contributed by atoms with Gasteiger partial charge in [-0.25, -0.2) is 14.4 Å². The van der Waals surface area contributed by atoms with E-state index < -0.39 is 5.82 Å². The van der Waals surface area contributed by atoms with Crippen molar-refractivity contribution < 1.29 is 18.7 Å². The van der Waals surface area contributed by atoms with Crippen molar-refractivity contribution in [2.75, 3.05) is 77.4 Å². The highest BCUT2D eigenvalue weighted by atomic mass is 19.1. The number of nitrogens with zero attached hydrogens (tertiary/aromatic N) is 8. The van der Waals surface area contributed by atoms with Crippen molar-refractivity contribution in [3.8, 4) is 17.2 Å². The van der Waals surface area contributed by atoms with E-state index in [1.54, 1.807) is 11.1 Å². The van der Waals surface area contributed by atoms with Crippen LogP contribution in [0, 0.1) is 17.7 Å². The molecule has 7 rings (SSSR count). The molecule has 2 atom stereocenters. The lowest BCUT2D eigenvalue weighted by Gasteiger charge is -2.35. The SMILES string of the molecule is CCN(C(=O)c1cc(F)ccc1Oc1cncnc1N1CCC(Oc2ccnc3c2CN(CCCN2CC4CN(C)CC4C2)CC3)CC1)C(C)C. The normalized spacial score (nSPS) is 21.6. The number of pyridine rings is 1. The molecule has 4 aliphatic heterocycles. The molecule has 2 aromatic heterocycles. The predicted molar refractivity (Wildman–Crippen MR) is 195 cm³/mol. The van der Waals surface area contributed by atoms with Gasteiger partial charge < -0.3 is 29.1 Å². The van der Waals surface area contributed by atoms with E-state index in [1.165, 1.54) is 69.2 Å². The van der Waals surface area contributed by atoms with Gasteiger partial charge in [0.15, 0.2) is 11.6 Å². The molecule has 3 fully saturated rings. The molecule has 0 aliphatic carbocycles. The van der Waals surface area contributed by atoms with Crippen molar-refractivity contribution in [2.45, 2.75) is 65.1 Å². The van der Waals surface area contributed by atoms with E-state index in [-0.39, 0.29) is 29.4 Å².